The molecule has 3 heterocycles. The van der Waals surface area contributed by atoms with Crippen LogP contribution in [0.15, 0.2) is 68.3 Å². The Morgan fingerprint density at radius 3 is 2.82 bits per heavy atom. The van der Waals surface area contributed by atoms with Crippen molar-refractivity contribution in [2.45, 2.75) is 37.2 Å². The van der Waals surface area contributed by atoms with Crippen molar-refractivity contribution >= 4 is 39.9 Å². The molecule has 0 aliphatic carbocycles. The standard InChI is InChI=1S/C23H22N6O2S2/c1-14(2)21-25-16(12-32-21)13-33-22-28-27-20(29(22)17-6-4-3-5-7-17)11-24-15-8-9-18-19(10-15)31-23(30)26-18/h3-10,12,14,24H,11,13H2,1-2H3,(H,26,30). The number of hydrogen-bond acceptors (Lipinski definition) is 8. The number of fused-ring (bicyclic) bond motifs is 1. The van der Waals surface area contributed by atoms with Crippen LogP contribution in [-0.4, -0.2) is 24.7 Å². The van der Waals surface area contributed by atoms with Crippen LogP contribution in [0.5, 0.6) is 0 Å². The molecule has 0 unspecified atom stereocenters. The summed E-state index contributed by atoms with van der Waals surface area (Å²) in [6, 6.07) is 15.6. The number of thioether (sulfide) groups is 1. The number of hydrogen-bond donors (Lipinski definition) is 2. The fourth-order valence-corrected chi connectivity index (χ4v) is 5.18. The molecule has 168 valence electrons. The average Bonchev–Trinajstić information content (AvgIpc) is 3.54. The number of H-pyrrole nitrogens is 1. The predicted molar refractivity (Wildman–Crippen MR) is 131 cm³/mol. The first kappa shape index (κ1) is 21.5. The van der Waals surface area contributed by atoms with Gasteiger partial charge >= 0.3 is 5.76 Å². The number of aromatic amines is 1. The number of nitrogens with zero attached hydrogens (tertiary/aromatic N) is 4. The maximum absolute atomic E-state index is 11.4. The van der Waals surface area contributed by atoms with E-state index >= 15 is 0 Å². The van der Waals surface area contributed by atoms with E-state index in [0.29, 0.717) is 23.6 Å². The summed E-state index contributed by atoms with van der Waals surface area (Å²) >= 11 is 3.32. The van der Waals surface area contributed by atoms with Crippen LogP contribution in [0.3, 0.4) is 0 Å². The lowest BCUT2D eigenvalue weighted by atomic mass is 10.2. The lowest BCUT2D eigenvalue weighted by molar-refractivity contribution is 0.555. The van der Waals surface area contributed by atoms with Gasteiger partial charge in [0.15, 0.2) is 16.6 Å². The Labute approximate surface area is 198 Å². The zero-order chi connectivity index (χ0) is 22.8. The maximum atomic E-state index is 11.4. The van der Waals surface area contributed by atoms with Gasteiger partial charge in [-0.15, -0.1) is 21.5 Å². The molecule has 0 spiro atoms. The average molecular weight is 479 g/mol. The van der Waals surface area contributed by atoms with Gasteiger partial charge in [-0.05, 0) is 24.3 Å². The van der Waals surface area contributed by atoms with E-state index in [1.54, 1.807) is 29.2 Å². The lowest BCUT2D eigenvalue weighted by Gasteiger charge is -2.11. The molecule has 3 aromatic heterocycles. The Kier molecular flexibility index (Phi) is 6.01. The largest absolute Gasteiger partial charge is 0.417 e. The number of aromatic nitrogens is 5. The molecule has 0 aliphatic rings. The molecule has 0 radical (unpaired) electrons. The Morgan fingerprint density at radius 1 is 1.18 bits per heavy atom. The molecule has 0 atom stereocenters. The smallest absolute Gasteiger partial charge is 0.408 e. The molecular formula is C23H22N6O2S2. The van der Waals surface area contributed by atoms with Crippen LogP contribution in [0, 0.1) is 0 Å². The summed E-state index contributed by atoms with van der Waals surface area (Å²) in [6.45, 7) is 4.77. The van der Waals surface area contributed by atoms with Crippen LogP contribution in [0.1, 0.15) is 36.3 Å². The lowest BCUT2D eigenvalue weighted by Crippen LogP contribution is -2.08. The molecule has 5 rings (SSSR count). The summed E-state index contributed by atoms with van der Waals surface area (Å²) in [5.41, 5.74) is 4.05. The van der Waals surface area contributed by atoms with Gasteiger partial charge in [0.1, 0.15) is 0 Å². The highest BCUT2D eigenvalue weighted by atomic mass is 32.2. The fraction of sp³-hybridized carbons (Fsp3) is 0.217. The number of nitrogens with one attached hydrogen (secondary N) is 2. The summed E-state index contributed by atoms with van der Waals surface area (Å²) in [5.74, 6) is 1.47. The topological polar surface area (TPSA) is 102 Å². The van der Waals surface area contributed by atoms with Crippen molar-refractivity contribution in [2.24, 2.45) is 0 Å². The minimum atomic E-state index is -0.465. The van der Waals surface area contributed by atoms with Crippen molar-refractivity contribution in [1.29, 1.82) is 0 Å². The SMILES string of the molecule is CC(C)c1nc(CSc2nnc(CNc3ccc4[nH]c(=O)oc4c3)n2-c2ccccc2)cs1. The molecule has 5 aromatic rings. The van der Waals surface area contributed by atoms with Crippen LogP contribution in [-0.2, 0) is 12.3 Å². The monoisotopic (exact) mass is 478 g/mol. The molecule has 0 bridgehead atoms. The van der Waals surface area contributed by atoms with E-state index in [9.17, 15) is 4.79 Å². The molecule has 0 saturated heterocycles. The zero-order valence-electron chi connectivity index (χ0n) is 18.1. The fourth-order valence-electron chi connectivity index (χ4n) is 3.37. The normalized spacial score (nSPS) is 11.5. The van der Waals surface area contributed by atoms with Crippen molar-refractivity contribution in [3.05, 3.63) is 81.0 Å². The highest BCUT2D eigenvalue weighted by Crippen LogP contribution is 2.28. The van der Waals surface area contributed by atoms with E-state index in [-0.39, 0.29) is 0 Å². The van der Waals surface area contributed by atoms with Crippen LogP contribution in [0.4, 0.5) is 5.69 Å². The summed E-state index contributed by atoms with van der Waals surface area (Å²) in [6.07, 6.45) is 0. The second-order valence-electron chi connectivity index (χ2n) is 7.77. The Balaban J connectivity index is 1.38. The van der Waals surface area contributed by atoms with Crippen LogP contribution in [0.2, 0.25) is 0 Å². The minimum absolute atomic E-state index is 0.429. The van der Waals surface area contributed by atoms with Crippen LogP contribution >= 0.6 is 23.1 Å². The van der Waals surface area contributed by atoms with Crippen molar-refractivity contribution in [3.8, 4) is 5.69 Å². The van der Waals surface area contributed by atoms with Crippen molar-refractivity contribution in [1.82, 2.24) is 24.7 Å². The number of thiazole rings is 1. The van der Waals surface area contributed by atoms with E-state index in [2.05, 4.69) is 44.3 Å². The van der Waals surface area contributed by atoms with Gasteiger partial charge in [0, 0.05) is 34.5 Å². The number of rotatable bonds is 8. The summed E-state index contributed by atoms with van der Waals surface area (Å²) in [5, 5.41) is 16.3. The Hall–Kier alpha value is -3.37. The van der Waals surface area contributed by atoms with Gasteiger partial charge in [0.2, 0.25) is 0 Å². The van der Waals surface area contributed by atoms with E-state index in [4.69, 9.17) is 9.40 Å². The summed E-state index contributed by atoms with van der Waals surface area (Å²) < 4.78 is 7.21. The van der Waals surface area contributed by atoms with Gasteiger partial charge in [-0.25, -0.2) is 9.78 Å². The molecule has 0 saturated carbocycles. The highest BCUT2D eigenvalue weighted by molar-refractivity contribution is 7.98. The van der Waals surface area contributed by atoms with E-state index in [1.807, 2.05) is 42.5 Å². The van der Waals surface area contributed by atoms with Crippen LogP contribution in [0.25, 0.3) is 16.8 Å². The molecular weight excluding hydrogens is 456 g/mol. The quantitative estimate of drug-likeness (QED) is 0.296. The highest BCUT2D eigenvalue weighted by Gasteiger charge is 2.16. The first-order chi connectivity index (χ1) is 16.1. The summed E-state index contributed by atoms with van der Waals surface area (Å²) in [4.78, 5) is 18.8. The second kappa shape index (κ2) is 9.24. The third-order valence-corrected chi connectivity index (χ3v) is 7.16. The number of benzene rings is 2. The third-order valence-electron chi connectivity index (χ3n) is 5.00. The van der Waals surface area contributed by atoms with Gasteiger partial charge in [0.25, 0.3) is 0 Å². The molecule has 0 aliphatic heterocycles. The zero-order valence-corrected chi connectivity index (χ0v) is 19.7. The van der Waals surface area contributed by atoms with Gasteiger partial charge in [-0.1, -0.05) is 43.8 Å². The Bertz CT molecular complexity index is 1430. The van der Waals surface area contributed by atoms with Crippen molar-refractivity contribution in [3.63, 3.8) is 0 Å². The predicted octanol–water partition coefficient (Wildman–Crippen LogP) is 5.19. The number of anilines is 1. The minimum Gasteiger partial charge on any atom is -0.408 e. The maximum Gasteiger partial charge on any atom is 0.417 e. The van der Waals surface area contributed by atoms with Crippen molar-refractivity contribution in [2.75, 3.05) is 5.32 Å². The number of oxazole rings is 1. The van der Waals surface area contributed by atoms with E-state index < -0.39 is 5.76 Å². The first-order valence-electron chi connectivity index (χ1n) is 10.5. The molecule has 0 fully saturated rings. The van der Waals surface area contributed by atoms with Gasteiger partial charge < -0.3 is 9.73 Å². The van der Waals surface area contributed by atoms with Crippen LogP contribution < -0.4 is 11.1 Å². The van der Waals surface area contributed by atoms with Gasteiger partial charge in [-0.3, -0.25) is 9.55 Å². The second-order valence-corrected chi connectivity index (χ2v) is 9.60. The first-order valence-corrected chi connectivity index (χ1v) is 12.4. The van der Waals surface area contributed by atoms with Gasteiger partial charge in [0.05, 0.1) is 22.8 Å². The molecule has 2 N–H and O–H groups in total. The molecule has 10 heteroatoms. The van der Waals surface area contributed by atoms with E-state index in [1.165, 1.54) is 0 Å². The summed E-state index contributed by atoms with van der Waals surface area (Å²) in [7, 11) is 0. The Morgan fingerprint density at radius 2 is 2.03 bits per heavy atom. The van der Waals surface area contributed by atoms with Crippen molar-refractivity contribution < 1.29 is 4.42 Å². The van der Waals surface area contributed by atoms with E-state index in [0.717, 1.165) is 38.8 Å². The molecule has 33 heavy (non-hydrogen) atoms. The third kappa shape index (κ3) is 4.71. The molecule has 0 amide bonds. The molecule has 2 aromatic carbocycles. The molecule has 8 nitrogen and oxygen atoms in total. The number of para-hydroxylation sites is 1. The van der Waals surface area contributed by atoms with Gasteiger partial charge in [-0.2, -0.15) is 0 Å².